The molecule has 0 heterocycles. The third kappa shape index (κ3) is 66.7. The minimum absolute atomic E-state index is 0.105. The van der Waals surface area contributed by atoms with Crippen LogP contribution in [0.1, 0.15) is 375 Å². The molecular formula is C73H142O17P2. The van der Waals surface area contributed by atoms with E-state index in [0.717, 1.165) is 108 Å². The van der Waals surface area contributed by atoms with E-state index in [1.807, 2.05) is 0 Å². The number of hydrogen-bond donors (Lipinski definition) is 3. The maximum absolute atomic E-state index is 13.0. The van der Waals surface area contributed by atoms with Crippen LogP contribution in [0, 0.1) is 11.8 Å². The lowest BCUT2D eigenvalue weighted by molar-refractivity contribution is -0.161. The molecule has 19 heteroatoms. The van der Waals surface area contributed by atoms with Crippen LogP contribution in [0.25, 0.3) is 0 Å². The van der Waals surface area contributed by atoms with E-state index in [-0.39, 0.29) is 25.7 Å². The van der Waals surface area contributed by atoms with Crippen molar-refractivity contribution < 1.29 is 80.2 Å². The Balaban J connectivity index is 5.13. The molecule has 0 saturated carbocycles. The van der Waals surface area contributed by atoms with Gasteiger partial charge in [-0.1, -0.05) is 324 Å². The number of unbranched alkanes of at least 4 members (excludes halogenated alkanes) is 42. The lowest BCUT2D eigenvalue weighted by Gasteiger charge is -2.21. The van der Waals surface area contributed by atoms with Crippen LogP contribution in [0.3, 0.4) is 0 Å². The van der Waals surface area contributed by atoms with Gasteiger partial charge >= 0.3 is 39.5 Å². The summed E-state index contributed by atoms with van der Waals surface area (Å²) in [5.74, 6) is -0.608. The summed E-state index contributed by atoms with van der Waals surface area (Å²) < 4.78 is 68.2. The van der Waals surface area contributed by atoms with Gasteiger partial charge in [0.1, 0.15) is 19.3 Å². The zero-order chi connectivity index (χ0) is 67.9. The van der Waals surface area contributed by atoms with E-state index >= 15 is 0 Å². The van der Waals surface area contributed by atoms with E-state index in [9.17, 15) is 43.2 Å². The number of hydrogen-bond acceptors (Lipinski definition) is 15. The maximum Gasteiger partial charge on any atom is 0.472 e. The summed E-state index contributed by atoms with van der Waals surface area (Å²) in [7, 11) is -9.90. The van der Waals surface area contributed by atoms with E-state index in [4.69, 9.17) is 37.0 Å². The van der Waals surface area contributed by atoms with Crippen molar-refractivity contribution in [2.75, 3.05) is 39.6 Å². The number of esters is 4. The summed E-state index contributed by atoms with van der Waals surface area (Å²) >= 11 is 0. The Morgan fingerprint density at radius 3 is 0.739 bits per heavy atom. The quantitative estimate of drug-likeness (QED) is 0.0222. The van der Waals surface area contributed by atoms with Crippen LogP contribution in [0.15, 0.2) is 0 Å². The minimum atomic E-state index is -4.95. The van der Waals surface area contributed by atoms with Crippen molar-refractivity contribution in [3.05, 3.63) is 0 Å². The van der Waals surface area contributed by atoms with Crippen LogP contribution in [0.5, 0.6) is 0 Å². The van der Waals surface area contributed by atoms with Gasteiger partial charge in [-0.3, -0.25) is 37.3 Å². The molecule has 0 saturated heterocycles. The number of phosphoric ester groups is 2. The molecule has 0 bridgehead atoms. The molecule has 17 nitrogen and oxygen atoms in total. The summed E-state index contributed by atoms with van der Waals surface area (Å²) in [5.41, 5.74) is 0. The largest absolute Gasteiger partial charge is 0.472 e. The third-order valence-electron chi connectivity index (χ3n) is 17.0. The molecule has 0 aromatic carbocycles. The zero-order valence-corrected chi connectivity index (χ0v) is 61.6. The molecule has 92 heavy (non-hydrogen) atoms. The first kappa shape index (κ1) is 90.1. The summed E-state index contributed by atoms with van der Waals surface area (Å²) in [5, 5.41) is 10.6. The molecule has 0 rings (SSSR count). The molecule has 3 N–H and O–H groups in total. The number of carbonyl (C=O) groups excluding carboxylic acids is 4. The van der Waals surface area contributed by atoms with Crippen molar-refractivity contribution in [2.24, 2.45) is 11.8 Å². The topological polar surface area (TPSA) is 237 Å². The highest BCUT2D eigenvalue weighted by Gasteiger charge is 2.30. The molecule has 546 valence electrons. The predicted molar refractivity (Wildman–Crippen MR) is 372 cm³/mol. The molecule has 0 aliphatic carbocycles. The second kappa shape index (κ2) is 65.0. The highest BCUT2D eigenvalue weighted by molar-refractivity contribution is 7.47. The van der Waals surface area contributed by atoms with Gasteiger partial charge in [-0.15, -0.1) is 0 Å². The molecule has 0 fully saturated rings. The maximum atomic E-state index is 13.0. The van der Waals surface area contributed by atoms with Gasteiger partial charge in [0.05, 0.1) is 26.4 Å². The zero-order valence-electron chi connectivity index (χ0n) is 59.9. The highest BCUT2D eigenvalue weighted by Crippen LogP contribution is 2.45. The van der Waals surface area contributed by atoms with Gasteiger partial charge in [0.15, 0.2) is 12.2 Å². The Labute approximate surface area is 562 Å². The highest BCUT2D eigenvalue weighted by atomic mass is 31.2. The first-order valence-electron chi connectivity index (χ1n) is 38.0. The summed E-state index contributed by atoms with van der Waals surface area (Å²) in [6, 6.07) is 0. The molecule has 0 aromatic heterocycles. The fourth-order valence-electron chi connectivity index (χ4n) is 11.1. The van der Waals surface area contributed by atoms with Crippen LogP contribution >= 0.6 is 15.6 Å². The van der Waals surface area contributed by atoms with E-state index < -0.39 is 97.5 Å². The molecule has 0 aliphatic rings. The van der Waals surface area contributed by atoms with Gasteiger partial charge in [-0.05, 0) is 37.5 Å². The molecule has 0 radical (unpaired) electrons. The number of carbonyl (C=O) groups is 4. The van der Waals surface area contributed by atoms with Gasteiger partial charge in [0.25, 0.3) is 0 Å². The summed E-state index contributed by atoms with van der Waals surface area (Å²) in [6.07, 6.45) is 51.8. The first-order chi connectivity index (χ1) is 44.4. The molecule has 0 amide bonds. The molecule has 0 aliphatic heterocycles. The Kier molecular flexibility index (Phi) is 63.7. The number of ether oxygens (including phenoxy) is 4. The van der Waals surface area contributed by atoms with Crippen molar-refractivity contribution in [2.45, 2.75) is 394 Å². The average Bonchev–Trinajstić information content (AvgIpc) is 1.62. The lowest BCUT2D eigenvalue weighted by atomic mass is 10.0. The van der Waals surface area contributed by atoms with Crippen LogP contribution < -0.4 is 0 Å². The third-order valence-corrected chi connectivity index (χ3v) is 18.9. The van der Waals surface area contributed by atoms with Gasteiger partial charge < -0.3 is 33.8 Å². The standard InChI is InChI=1S/C73H142O17P2/c1-7-9-11-13-14-15-16-17-18-19-20-21-22-23-24-27-34-39-45-51-57-73(78)90-69(62-84-71(76)56-50-44-38-33-28-25-26-31-36-42-47-53-65(3)4)64-88-92(81,82)86-60-67(74)59-85-91(79,80)87-63-68(61-83-70(75)55-49-41-12-10-8-2)89-72(77)58-52-46-40-35-30-29-32-37-43-48-54-66(5)6/h65-69,74H,7-64H2,1-6H3,(H,79,80)(H,81,82)/t67-,68+,69+/m0/s1. The van der Waals surface area contributed by atoms with E-state index in [1.165, 1.54) is 186 Å². The Hall–Kier alpha value is -1.94. The lowest BCUT2D eigenvalue weighted by Crippen LogP contribution is -2.30. The van der Waals surface area contributed by atoms with Crippen molar-refractivity contribution in [3.63, 3.8) is 0 Å². The molecule has 0 aromatic rings. The monoisotopic (exact) mass is 1350 g/mol. The first-order valence-corrected chi connectivity index (χ1v) is 41.0. The fourth-order valence-corrected chi connectivity index (χ4v) is 12.7. The predicted octanol–water partition coefficient (Wildman–Crippen LogP) is 21.2. The van der Waals surface area contributed by atoms with Crippen LogP contribution in [-0.2, 0) is 65.4 Å². The second-order valence-electron chi connectivity index (χ2n) is 27.3. The molecule has 2 unspecified atom stereocenters. The van der Waals surface area contributed by atoms with Gasteiger partial charge in [0, 0.05) is 25.7 Å². The van der Waals surface area contributed by atoms with Crippen LogP contribution in [-0.4, -0.2) is 96.7 Å². The van der Waals surface area contributed by atoms with Gasteiger partial charge in [-0.2, -0.15) is 0 Å². The minimum Gasteiger partial charge on any atom is -0.462 e. The van der Waals surface area contributed by atoms with Crippen molar-refractivity contribution >= 4 is 39.5 Å². The van der Waals surface area contributed by atoms with E-state index in [2.05, 4.69) is 41.5 Å². The Bertz CT molecular complexity index is 1790. The summed E-state index contributed by atoms with van der Waals surface area (Å²) in [6.45, 7) is 9.47. The van der Waals surface area contributed by atoms with Crippen molar-refractivity contribution in [3.8, 4) is 0 Å². The number of rotatable bonds is 72. The Morgan fingerprint density at radius 1 is 0.293 bits per heavy atom. The number of aliphatic hydroxyl groups is 1. The van der Waals surface area contributed by atoms with Gasteiger partial charge in [0.2, 0.25) is 0 Å². The Morgan fingerprint density at radius 2 is 0.500 bits per heavy atom. The molecule has 0 spiro atoms. The number of aliphatic hydroxyl groups excluding tert-OH is 1. The SMILES string of the molecule is CCCCCCCCCCCCCCCCCCCCCCC(=O)O[C@H](COC(=O)CCCCCCCCCCCCCC(C)C)COP(=O)(O)OC[C@@H](O)COP(=O)(O)OC[C@@H](COC(=O)CCCCCCC)OC(=O)CCCCCCCCCCCCC(C)C. The van der Waals surface area contributed by atoms with Crippen molar-refractivity contribution in [1.29, 1.82) is 0 Å². The normalized spacial score (nSPS) is 14.1. The van der Waals surface area contributed by atoms with Crippen LogP contribution in [0.4, 0.5) is 0 Å². The van der Waals surface area contributed by atoms with Crippen LogP contribution in [0.2, 0.25) is 0 Å². The van der Waals surface area contributed by atoms with E-state index in [1.54, 1.807) is 0 Å². The van der Waals surface area contributed by atoms with E-state index in [0.29, 0.717) is 25.7 Å². The van der Waals surface area contributed by atoms with Crippen molar-refractivity contribution in [1.82, 2.24) is 0 Å². The molecule has 5 atom stereocenters. The molecular weight excluding hydrogens is 1210 g/mol. The number of phosphoric acid groups is 2. The second-order valence-corrected chi connectivity index (χ2v) is 30.2. The summed E-state index contributed by atoms with van der Waals surface area (Å²) in [4.78, 5) is 72.4. The smallest absolute Gasteiger partial charge is 0.462 e. The average molecular weight is 1350 g/mol. The van der Waals surface area contributed by atoms with Gasteiger partial charge in [-0.25, -0.2) is 9.13 Å². The fraction of sp³-hybridized carbons (Fsp3) is 0.945.